The second-order valence-corrected chi connectivity index (χ2v) is 3.70. The van der Waals surface area contributed by atoms with Gasteiger partial charge in [0.1, 0.15) is 5.78 Å². The van der Waals surface area contributed by atoms with Crippen molar-refractivity contribution in [2.75, 3.05) is 0 Å². The van der Waals surface area contributed by atoms with E-state index in [1.165, 1.54) is 0 Å². The highest BCUT2D eigenvalue weighted by Gasteiger charge is 2.32. The molecule has 0 aromatic rings. The summed E-state index contributed by atoms with van der Waals surface area (Å²) in [5.41, 5.74) is 0. The van der Waals surface area contributed by atoms with Crippen LogP contribution < -0.4 is 0 Å². The molecule has 0 unspecified atom stereocenters. The average Bonchev–Trinajstić information content (AvgIpc) is 2.33. The Balaban J connectivity index is 2.52. The van der Waals surface area contributed by atoms with Gasteiger partial charge in [0.25, 0.3) is 0 Å². The second kappa shape index (κ2) is 3.35. The monoisotopic (exact) mass is 156 g/mol. The molecule has 0 aromatic heterocycles. The largest absolute Gasteiger partial charge is 0.392 e. The summed E-state index contributed by atoms with van der Waals surface area (Å²) in [5.74, 6) is 0.406. The molecule has 2 atom stereocenters. The average molecular weight is 156 g/mol. The SMILES string of the molecule is CC(C)[C@H](O)[C@H]1CCCC1=O. The Morgan fingerprint density at radius 1 is 1.55 bits per heavy atom. The summed E-state index contributed by atoms with van der Waals surface area (Å²) in [6.45, 7) is 3.91. The third-order valence-electron chi connectivity index (χ3n) is 2.45. The van der Waals surface area contributed by atoms with Crippen molar-refractivity contribution < 1.29 is 9.90 Å². The van der Waals surface area contributed by atoms with Crippen molar-refractivity contribution in [2.24, 2.45) is 11.8 Å². The molecule has 1 saturated carbocycles. The van der Waals surface area contributed by atoms with Crippen molar-refractivity contribution in [3.8, 4) is 0 Å². The highest BCUT2D eigenvalue weighted by molar-refractivity contribution is 5.83. The number of ketones is 1. The van der Waals surface area contributed by atoms with E-state index in [0.717, 1.165) is 12.8 Å². The molecule has 0 radical (unpaired) electrons. The number of carbonyl (C=O) groups excluding carboxylic acids is 1. The zero-order valence-corrected chi connectivity index (χ0v) is 7.21. The summed E-state index contributed by atoms with van der Waals surface area (Å²) < 4.78 is 0. The lowest BCUT2D eigenvalue weighted by Gasteiger charge is -2.19. The summed E-state index contributed by atoms with van der Waals surface area (Å²) in [6.07, 6.45) is 2.12. The van der Waals surface area contributed by atoms with E-state index in [0.29, 0.717) is 6.42 Å². The number of hydrogen-bond acceptors (Lipinski definition) is 2. The Hall–Kier alpha value is -0.370. The predicted octanol–water partition coefficient (Wildman–Crippen LogP) is 1.37. The van der Waals surface area contributed by atoms with Crippen molar-refractivity contribution in [1.82, 2.24) is 0 Å². The Morgan fingerprint density at radius 3 is 2.55 bits per heavy atom. The zero-order valence-electron chi connectivity index (χ0n) is 7.21. The number of aliphatic hydroxyl groups is 1. The van der Waals surface area contributed by atoms with Gasteiger partial charge >= 0.3 is 0 Å². The smallest absolute Gasteiger partial charge is 0.138 e. The summed E-state index contributed by atoms with van der Waals surface area (Å²) in [6, 6.07) is 0. The number of Topliss-reactive ketones (excluding diaryl/α,β-unsaturated/α-hetero) is 1. The highest BCUT2D eigenvalue weighted by Crippen LogP contribution is 2.27. The molecule has 0 bridgehead atoms. The van der Waals surface area contributed by atoms with Crippen LogP contribution in [0.4, 0.5) is 0 Å². The number of aliphatic hydroxyl groups excluding tert-OH is 1. The Morgan fingerprint density at radius 2 is 2.18 bits per heavy atom. The minimum Gasteiger partial charge on any atom is -0.392 e. The fourth-order valence-electron chi connectivity index (χ4n) is 1.67. The predicted molar refractivity (Wildman–Crippen MR) is 43.2 cm³/mol. The van der Waals surface area contributed by atoms with Crippen LogP contribution in [0.2, 0.25) is 0 Å². The quantitative estimate of drug-likeness (QED) is 0.655. The third-order valence-corrected chi connectivity index (χ3v) is 2.45. The van der Waals surface area contributed by atoms with E-state index in [-0.39, 0.29) is 17.6 Å². The number of hydrogen-bond donors (Lipinski definition) is 1. The summed E-state index contributed by atoms with van der Waals surface area (Å²) in [7, 11) is 0. The van der Waals surface area contributed by atoms with Gasteiger partial charge in [0, 0.05) is 12.3 Å². The molecule has 11 heavy (non-hydrogen) atoms. The molecule has 0 aromatic carbocycles. The van der Waals surface area contributed by atoms with E-state index in [1.807, 2.05) is 13.8 Å². The van der Waals surface area contributed by atoms with E-state index in [2.05, 4.69) is 0 Å². The Labute approximate surface area is 67.6 Å². The van der Waals surface area contributed by atoms with Gasteiger partial charge in [-0.1, -0.05) is 13.8 Å². The molecule has 0 saturated heterocycles. The molecule has 1 aliphatic carbocycles. The molecule has 2 heteroatoms. The van der Waals surface area contributed by atoms with Gasteiger partial charge in [-0.15, -0.1) is 0 Å². The van der Waals surface area contributed by atoms with Gasteiger partial charge in [-0.2, -0.15) is 0 Å². The maximum atomic E-state index is 11.2. The molecule has 1 fully saturated rings. The fourth-order valence-corrected chi connectivity index (χ4v) is 1.67. The van der Waals surface area contributed by atoms with Gasteiger partial charge < -0.3 is 5.11 Å². The molecule has 0 spiro atoms. The zero-order chi connectivity index (χ0) is 8.43. The van der Waals surface area contributed by atoms with E-state index in [4.69, 9.17) is 0 Å². The van der Waals surface area contributed by atoms with Crippen molar-refractivity contribution in [3.05, 3.63) is 0 Å². The Bertz CT molecular complexity index is 152. The highest BCUT2D eigenvalue weighted by atomic mass is 16.3. The van der Waals surface area contributed by atoms with Gasteiger partial charge in [-0.05, 0) is 18.8 Å². The summed E-state index contributed by atoms with van der Waals surface area (Å²) >= 11 is 0. The number of rotatable bonds is 2. The molecule has 2 nitrogen and oxygen atoms in total. The molecule has 1 aliphatic rings. The maximum absolute atomic E-state index is 11.2. The minimum atomic E-state index is -0.412. The summed E-state index contributed by atoms with van der Waals surface area (Å²) in [4.78, 5) is 11.2. The van der Waals surface area contributed by atoms with Crippen molar-refractivity contribution in [3.63, 3.8) is 0 Å². The lowest BCUT2D eigenvalue weighted by molar-refractivity contribution is -0.124. The first-order valence-electron chi connectivity index (χ1n) is 4.33. The van der Waals surface area contributed by atoms with Crippen molar-refractivity contribution in [2.45, 2.75) is 39.2 Å². The molecular formula is C9H16O2. The molecule has 1 rings (SSSR count). The van der Waals surface area contributed by atoms with Crippen LogP contribution >= 0.6 is 0 Å². The number of carbonyl (C=O) groups is 1. The van der Waals surface area contributed by atoms with Crippen LogP contribution in [-0.2, 0) is 4.79 Å². The van der Waals surface area contributed by atoms with Gasteiger partial charge in [0.2, 0.25) is 0 Å². The molecule has 0 amide bonds. The first-order chi connectivity index (χ1) is 5.13. The van der Waals surface area contributed by atoms with Crippen LogP contribution in [0, 0.1) is 11.8 Å². The molecule has 0 heterocycles. The van der Waals surface area contributed by atoms with Crippen LogP contribution in [0.5, 0.6) is 0 Å². The topological polar surface area (TPSA) is 37.3 Å². The van der Waals surface area contributed by atoms with E-state index in [9.17, 15) is 9.90 Å². The molecule has 64 valence electrons. The summed E-state index contributed by atoms with van der Waals surface area (Å²) in [5, 5.41) is 9.58. The van der Waals surface area contributed by atoms with Gasteiger partial charge in [0.05, 0.1) is 6.10 Å². The molecule has 1 N–H and O–H groups in total. The van der Waals surface area contributed by atoms with Crippen LogP contribution in [0.1, 0.15) is 33.1 Å². The van der Waals surface area contributed by atoms with E-state index in [1.54, 1.807) is 0 Å². The van der Waals surface area contributed by atoms with Gasteiger partial charge in [-0.3, -0.25) is 4.79 Å². The second-order valence-electron chi connectivity index (χ2n) is 3.70. The fraction of sp³-hybridized carbons (Fsp3) is 0.889. The minimum absolute atomic E-state index is 0.0602. The lowest BCUT2D eigenvalue weighted by atomic mass is 9.91. The standard InChI is InChI=1S/C9H16O2/c1-6(2)9(11)7-4-3-5-8(7)10/h6-7,9,11H,3-5H2,1-2H3/t7-,9-/m0/s1. The van der Waals surface area contributed by atoms with Crippen LogP contribution in [0.25, 0.3) is 0 Å². The normalized spacial score (nSPS) is 28.0. The molecular weight excluding hydrogens is 140 g/mol. The third kappa shape index (κ3) is 1.80. The van der Waals surface area contributed by atoms with E-state index >= 15 is 0 Å². The van der Waals surface area contributed by atoms with Gasteiger partial charge in [-0.25, -0.2) is 0 Å². The Kier molecular flexibility index (Phi) is 2.66. The van der Waals surface area contributed by atoms with Crippen molar-refractivity contribution in [1.29, 1.82) is 0 Å². The van der Waals surface area contributed by atoms with E-state index < -0.39 is 6.10 Å². The first kappa shape index (κ1) is 8.72. The van der Waals surface area contributed by atoms with Crippen molar-refractivity contribution >= 4 is 5.78 Å². The van der Waals surface area contributed by atoms with Gasteiger partial charge in [0.15, 0.2) is 0 Å². The van der Waals surface area contributed by atoms with Crippen LogP contribution in [0.15, 0.2) is 0 Å². The maximum Gasteiger partial charge on any atom is 0.138 e. The van der Waals surface area contributed by atoms with Crippen LogP contribution in [0.3, 0.4) is 0 Å². The first-order valence-corrected chi connectivity index (χ1v) is 4.33. The lowest BCUT2D eigenvalue weighted by Crippen LogP contribution is -2.28. The molecule has 0 aliphatic heterocycles. The van der Waals surface area contributed by atoms with Crippen LogP contribution in [-0.4, -0.2) is 17.0 Å².